The molecule has 0 amide bonds. The van der Waals surface area contributed by atoms with Gasteiger partial charge >= 0.3 is 0 Å². The van der Waals surface area contributed by atoms with Crippen LogP contribution in [0.15, 0.2) is 48.0 Å². The van der Waals surface area contributed by atoms with Gasteiger partial charge in [0.1, 0.15) is 11.5 Å². The van der Waals surface area contributed by atoms with E-state index in [4.69, 9.17) is 5.26 Å². The average molecular weight is 305 g/mol. The summed E-state index contributed by atoms with van der Waals surface area (Å²) in [6.45, 7) is 3.95. The minimum absolute atomic E-state index is 0.0852. The van der Waals surface area contributed by atoms with E-state index in [2.05, 4.69) is 6.07 Å². The van der Waals surface area contributed by atoms with Crippen LogP contribution in [-0.4, -0.2) is 10.2 Å². The molecule has 2 N–H and O–H groups in total. The van der Waals surface area contributed by atoms with Crippen LogP contribution in [0.2, 0.25) is 0 Å². The second kappa shape index (κ2) is 7.33. The van der Waals surface area contributed by atoms with Crippen molar-refractivity contribution in [2.45, 2.75) is 20.3 Å². The van der Waals surface area contributed by atoms with Gasteiger partial charge in [-0.1, -0.05) is 35.9 Å². The van der Waals surface area contributed by atoms with E-state index in [-0.39, 0.29) is 11.5 Å². The van der Waals surface area contributed by atoms with Gasteiger partial charge in [0.15, 0.2) is 0 Å². The number of benzene rings is 2. The summed E-state index contributed by atoms with van der Waals surface area (Å²) >= 11 is 0. The molecule has 0 bridgehead atoms. The standard InChI is InChI=1S/C20H19NO2/c1-14(2)3-10-18-19(22)11-17(12-20(18)23)9-6-15-4-7-16(13-21)8-5-15/h3-9,11-12,22-23H,10H2,1-2H3. The maximum atomic E-state index is 10.1. The lowest BCUT2D eigenvalue weighted by molar-refractivity contribution is 0.440. The molecule has 0 saturated carbocycles. The second-order valence-electron chi connectivity index (χ2n) is 5.59. The number of aromatic hydroxyl groups is 2. The maximum Gasteiger partial charge on any atom is 0.123 e. The highest BCUT2D eigenvalue weighted by Gasteiger charge is 2.07. The molecule has 0 heterocycles. The number of hydrogen-bond acceptors (Lipinski definition) is 3. The molecule has 0 atom stereocenters. The third kappa shape index (κ3) is 4.49. The molecule has 0 unspecified atom stereocenters. The van der Waals surface area contributed by atoms with Gasteiger partial charge in [0, 0.05) is 5.56 Å². The van der Waals surface area contributed by atoms with Crippen molar-refractivity contribution in [3.8, 4) is 17.6 Å². The fourth-order valence-electron chi connectivity index (χ4n) is 2.14. The quantitative estimate of drug-likeness (QED) is 0.638. The summed E-state index contributed by atoms with van der Waals surface area (Å²) in [6, 6.07) is 12.5. The minimum atomic E-state index is 0.0852. The van der Waals surface area contributed by atoms with Crippen LogP contribution in [0, 0.1) is 11.3 Å². The van der Waals surface area contributed by atoms with E-state index in [0.717, 1.165) is 11.1 Å². The van der Waals surface area contributed by atoms with Crippen LogP contribution in [-0.2, 0) is 6.42 Å². The molecule has 0 radical (unpaired) electrons. The number of nitriles is 1. The third-order valence-electron chi connectivity index (χ3n) is 3.45. The molecular weight excluding hydrogens is 286 g/mol. The number of phenolic OH excluding ortho intramolecular Hbond substituents is 2. The lowest BCUT2D eigenvalue weighted by Crippen LogP contribution is -1.87. The summed E-state index contributed by atoms with van der Waals surface area (Å²) in [5, 5.41) is 29.0. The molecule has 2 aromatic carbocycles. The van der Waals surface area contributed by atoms with E-state index >= 15 is 0 Å². The van der Waals surface area contributed by atoms with Crippen LogP contribution >= 0.6 is 0 Å². The average Bonchev–Trinajstić information content (AvgIpc) is 2.52. The van der Waals surface area contributed by atoms with Gasteiger partial charge in [-0.15, -0.1) is 0 Å². The molecule has 23 heavy (non-hydrogen) atoms. The van der Waals surface area contributed by atoms with Crippen molar-refractivity contribution in [1.82, 2.24) is 0 Å². The van der Waals surface area contributed by atoms with Crippen LogP contribution in [0.1, 0.15) is 36.1 Å². The molecule has 116 valence electrons. The van der Waals surface area contributed by atoms with Gasteiger partial charge in [-0.3, -0.25) is 0 Å². The zero-order chi connectivity index (χ0) is 16.8. The normalized spacial score (nSPS) is 10.5. The van der Waals surface area contributed by atoms with E-state index < -0.39 is 0 Å². The Kier molecular flexibility index (Phi) is 5.22. The molecular formula is C20H19NO2. The molecule has 2 aromatic rings. The molecule has 0 spiro atoms. The van der Waals surface area contributed by atoms with Gasteiger partial charge in [0.2, 0.25) is 0 Å². The van der Waals surface area contributed by atoms with E-state index in [9.17, 15) is 10.2 Å². The van der Waals surface area contributed by atoms with E-state index in [0.29, 0.717) is 23.1 Å². The van der Waals surface area contributed by atoms with Gasteiger partial charge in [-0.25, -0.2) is 0 Å². The first-order valence-corrected chi connectivity index (χ1v) is 7.36. The molecule has 0 aliphatic carbocycles. The smallest absolute Gasteiger partial charge is 0.123 e. The zero-order valence-corrected chi connectivity index (χ0v) is 13.2. The Morgan fingerprint density at radius 2 is 1.57 bits per heavy atom. The van der Waals surface area contributed by atoms with Crippen molar-refractivity contribution in [3.05, 3.63) is 70.3 Å². The lowest BCUT2D eigenvalue weighted by atomic mass is 10.0. The van der Waals surface area contributed by atoms with E-state index in [1.807, 2.05) is 44.2 Å². The van der Waals surface area contributed by atoms with Crippen molar-refractivity contribution >= 4 is 12.2 Å². The summed E-state index contributed by atoms with van der Waals surface area (Å²) in [6.07, 6.45) is 6.14. The number of hydrogen-bond donors (Lipinski definition) is 2. The lowest BCUT2D eigenvalue weighted by Gasteiger charge is -2.07. The first-order chi connectivity index (χ1) is 11.0. The van der Waals surface area contributed by atoms with Gasteiger partial charge in [-0.2, -0.15) is 5.26 Å². The highest BCUT2D eigenvalue weighted by Crippen LogP contribution is 2.30. The van der Waals surface area contributed by atoms with Crippen molar-refractivity contribution in [2.75, 3.05) is 0 Å². The van der Waals surface area contributed by atoms with Crippen molar-refractivity contribution in [2.24, 2.45) is 0 Å². The fourth-order valence-corrected chi connectivity index (χ4v) is 2.14. The first-order valence-electron chi connectivity index (χ1n) is 7.36. The summed E-state index contributed by atoms with van der Waals surface area (Å²) in [5.41, 5.74) is 3.93. The van der Waals surface area contributed by atoms with Crippen LogP contribution in [0.25, 0.3) is 12.2 Å². The number of rotatable bonds is 4. The third-order valence-corrected chi connectivity index (χ3v) is 3.45. The molecule has 2 rings (SSSR count). The van der Waals surface area contributed by atoms with Gasteiger partial charge < -0.3 is 10.2 Å². The van der Waals surface area contributed by atoms with Crippen molar-refractivity contribution in [3.63, 3.8) is 0 Å². The Hall–Kier alpha value is -2.99. The second-order valence-corrected chi connectivity index (χ2v) is 5.59. The summed E-state index contributed by atoms with van der Waals surface area (Å²) in [5.74, 6) is 0.170. The Morgan fingerprint density at radius 1 is 1.00 bits per heavy atom. The summed E-state index contributed by atoms with van der Waals surface area (Å²) in [4.78, 5) is 0. The molecule has 3 heteroatoms. The topological polar surface area (TPSA) is 64.2 Å². The van der Waals surface area contributed by atoms with Crippen LogP contribution in [0.3, 0.4) is 0 Å². The van der Waals surface area contributed by atoms with Crippen LogP contribution in [0.5, 0.6) is 11.5 Å². The highest BCUT2D eigenvalue weighted by molar-refractivity contribution is 5.72. The predicted octanol–water partition coefficient (Wildman–Crippen LogP) is 4.65. The van der Waals surface area contributed by atoms with E-state index in [1.54, 1.807) is 24.3 Å². The van der Waals surface area contributed by atoms with Crippen LogP contribution in [0.4, 0.5) is 0 Å². The zero-order valence-electron chi connectivity index (χ0n) is 13.2. The van der Waals surface area contributed by atoms with Crippen LogP contribution < -0.4 is 0 Å². The van der Waals surface area contributed by atoms with Crippen molar-refractivity contribution < 1.29 is 10.2 Å². The molecule has 0 aliphatic rings. The SMILES string of the molecule is CC(C)=CCc1c(O)cc(C=Cc2ccc(C#N)cc2)cc1O. The molecule has 0 fully saturated rings. The molecule has 3 nitrogen and oxygen atoms in total. The van der Waals surface area contributed by atoms with Gasteiger partial charge in [0.25, 0.3) is 0 Å². The van der Waals surface area contributed by atoms with Crippen molar-refractivity contribution in [1.29, 1.82) is 5.26 Å². The summed E-state index contributed by atoms with van der Waals surface area (Å²) in [7, 11) is 0. The van der Waals surface area contributed by atoms with E-state index in [1.165, 1.54) is 0 Å². The van der Waals surface area contributed by atoms with Gasteiger partial charge in [0.05, 0.1) is 11.6 Å². The van der Waals surface area contributed by atoms with Gasteiger partial charge in [-0.05, 0) is 55.7 Å². The Balaban J connectivity index is 2.22. The molecule has 0 aromatic heterocycles. The fraction of sp³-hybridized carbons (Fsp3) is 0.150. The maximum absolute atomic E-state index is 10.1. The first kappa shape index (κ1) is 16.4. The Bertz CT molecular complexity index is 766. The number of phenols is 2. The largest absolute Gasteiger partial charge is 0.507 e. The number of allylic oxidation sites excluding steroid dienone is 2. The minimum Gasteiger partial charge on any atom is -0.507 e. The molecule has 0 aliphatic heterocycles. The Labute approximate surface area is 136 Å². The highest BCUT2D eigenvalue weighted by atomic mass is 16.3. The molecule has 0 saturated heterocycles. The number of nitrogens with zero attached hydrogens (tertiary/aromatic N) is 1. The summed E-state index contributed by atoms with van der Waals surface area (Å²) < 4.78 is 0. The monoisotopic (exact) mass is 305 g/mol. The Morgan fingerprint density at radius 3 is 2.09 bits per heavy atom. The predicted molar refractivity (Wildman–Crippen MR) is 93.0 cm³/mol.